The maximum atomic E-state index is 12.5. The molecule has 0 spiro atoms. The van der Waals surface area contributed by atoms with Crippen molar-refractivity contribution in [1.82, 2.24) is 0 Å². The Morgan fingerprint density at radius 3 is 2.13 bits per heavy atom. The van der Waals surface area contributed by atoms with Crippen LogP contribution in [0, 0.1) is 11.8 Å². The van der Waals surface area contributed by atoms with Gasteiger partial charge in [-0.25, -0.2) is 4.90 Å². The van der Waals surface area contributed by atoms with Crippen molar-refractivity contribution in [3.05, 3.63) is 65.2 Å². The second-order valence-electron chi connectivity index (χ2n) is 5.85. The molecular formula is C19H15NO3. The van der Waals surface area contributed by atoms with Gasteiger partial charge in [0.25, 0.3) is 11.8 Å². The summed E-state index contributed by atoms with van der Waals surface area (Å²) in [6.07, 6.45) is 0. The monoisotopic (exact) mass is 305 g/mol. The zero-order valence-corrected chi connectivity index (χ0v) is 12.8. The molecule has 23 heavy (non-hydrogen) atoms. The molecule has 1 heterocycles. The van der Waals surface area contributed by atoms with Crippen LogP contribution < -0.4 is 4.90 Å². The number of fused-ring (bicyclic) bond motifs is 1. The van der Waals surface area contributed by atoms with Gasteiger partial charge in [0.2, 0.25) is 0 Å². The number of rotatable bonds is 1. The number of aliphatic hydroxyl groups is 1. The summed E-state index contributed by atoms with van der Waals surface area (Å²) in [5, 5.41) is 9.67. The van der Waals surface area contributed by atoms with Crippen LogP contribution in [0.5, 0.6) is 0 Å². The van der Waals surface area contributed by atoms with Gasteiger partial charge in [0, 0.05) is 5.56 Å². The first-order chi connectivity index (χ1) is 10.9. The molecule has 0 atom stereocenters. The van der Waals surface area contributed by atoms with Crippen LogP contribution in [-0.2, 0) is 0 Å². The third kappa shape index (κ3) is 2.87. The number of carbonyl (C=O) groups excluding carboxylic acids is 2. The van der Waals surface area contributed by atoms with E-state index < -0.39 is 5.60 Å². The van der Waals surface area contributed by atoms with E-state index in [-0.39, 0.29) is 11.8 Å². The molecule has 1 N–H and O–H groups in total. The first kappa shape index (κ1) is 15.0. The summed E-state index contributed by atoms with van der Waals surface area (Å²) in [4.78, 5) is 26.1. The Hall–Kier alpha value is -2.90. The fraction of sp³-hybridized carbons (Fsp3) is 0.158. The average molecular weight is 305 g/mol. The van der Waals surface area contributed by atoms with Gasteiger partial charge in [-0.05, 0) is 44.2 Å². The number of amides is 2. The fourth-order valence-corrected chi connectivity index (χ4v) is 2.37. The highest BCUT2D eigenvalue weighted by molar-refractivity contribution is 6.34. The van der Waals surface area contributed by atoms with E-state index in [0.29, 0.717) is 22.4 Å². The SMILES string of the molecule is CC(C)(O)C#Cc1cccc(N2C(=O)c3ccccc3C2=O)c1. The molecule has 0 aromatic heterocycles. The van der Waals surface area contributed by atoms with Crippen LogP contribution in [0.4, 0.5) is 5.69 Å². The highest BCUT2D eigenvalue weighted by atomic mass is 16.3. The molecule has 4 heteroatoms. The Balaban J connectivity index is 1.99. The minimum absolute atomic E-state index is 0.335. The molecule has 2 aromatic carbocycles. The van der Waals surface area contributed by atoms with Crippen molar-refractivity contribution in [2.24, 2.45) is 0 Å². The van der Waals surface area contributed by atoms with Gasteiger partial charge in [0.15, 0.2) is 0 Å². The molecule has 0 bridgehead atoms. The molecule has 4 nitrogen and oxygen atoms in total. The summed E-state index contributed by atoms with van der Waals surface area (Å²) in [5.41, 5.74) is 0.807. The summed E-state index contributed by atoms with van der Waals surface area (Å²) < 4.78 is 0. The number of nitrogens with zero attached hydrogens (tertiary/aromatic N) is 1. The van der Waals surface area contributed by atoms with Gasteiger partial charge >= 0.3 is 0 Å². The second-order valence-corrected chi connectivity index (χ2v) is 5.85. The zero-order chi connectivity index (χ0) is 16.6. The largest absolute Gasteiger partial charge is 0.378 e. The lowest BCUT2D eigenvalue weighted by molar-refractivity contribution is 0.0926. The minimum atomic E-state index is -1.11. The number of benzene rings is 2. The van der Waals surface area contributed by atoms with Crippen molar-refractivity contribution in [2.75, 3.05) is 4.90 Å². The van der Waals surface area contributed by atoms with E-state index in [9.17, 15) is 14.7 Å². The molecule has 1 aliphatic rings. The standard InChI is InChI=1S/C19H15NO3/c1-19(2,23)11-10-13-6-5-7-14(12-13)20-17(21)15-8-3-4-9-16(15)18(20)22/h3-9,12,23H,1-2H3. The Labute approximate surface area is 134 Å². The molecule has 2 aromatic rings. The third-order valence-electron chi connectivity index (χ3n) is 3.41. The van der Waals surface area contributed by atoms with E-state index >= 15 is 0 Å². The number of imide groups is 1. The van der Waals surface area contributed by atoms with E-state index in [1.165, 1.54) is 0 Å². The Bertz CT molecular complexity index is 831. The van der Waals surface area contributed by atoms with Crippen molar-refractivity contribution in [3.63, 3.8) is 0 Å². The van der Waals surface area contributed by atoms with Crippen LogP contribution in [0.1, 0.15) is 40.1 Å². The smallest absolute Gasteiger partial charge is 0.266 e. The van der Waals surface area contributed by atoms with Gasteiger partial charge in [-0.3, -0.25) is 9.59 Å². The topological polar surface area (TPSA) is 57.6 Å². The Morgan fingerprint density at radius 1 is 0.957 bits per heavy atom. The Kier molecular flexibility index (Phi) is 3.51. The van der Waals surface area contributed by atoms with E-state index in [1.54, 1.807) is 62.4 Å². The molecule has 0 saturated heterocycles. The van der Waals surface area contributed by atoms with Crippen LogP contribution in [0.25, 0.3) is 0 Å². The molecule has 3 rings (SSSR count). The molecule has 0 radical (unpaired) electrons. The number of carbonyl (C=O) groups is 2. The number of anilines is 1. The van der Waals surface area contributed by atoms with Crippen LogP contribution in [0.15, 0.2) is 48.5 Å². The van der Waals surface area contributed by atoms with Gasteiger partial charge < -0.3 is 5.11 Å². The van der Waals surface area contributed by atoms with Crippen LogP contribution in [0.2, 0.25) is 0 Å². The van der Waals surface area contributed by atoms with Gasteiger partial charge in [0.1, 0.15) is 5.60 Å². The lowest BCUT2D eigenvalue weighted by Crippen LogP contribution is -2.29. The van der Waals surface area contributed by atoms with E-state index in [4.69, 9.17) is 0 Å². The molecule has 114 valence electrons. The van der Waals surface area contributed by atoms with Crippen molar-refractivity contribution in [1.29, 1.82) is 0 Å². The van der Waals surface area contributed by atoms with Crippen molar-refractivity contribution >= 4 is 17.5 Å². The van der Waals surface area contributed by atoms with Crippen LogP contribution in [-0.4, -0.2) is 22.5 Å². The first-order valence-corrected chi connectivity index (χ1v) is 7.20. The quantitative estimate of drug-likeness (QED) is 0.651. The summed E-state index contributed by atoms with van der Waals surface area (Å²) in [6.45, 7) is 3.18. The molecule has 2 amide bonds. The first-order valence-electron chi connectivity index (χ1n) is 7.20. The molecule has 1 aliphatic heterocycles. The maximum Gasteiger partial charge on any atom is 0.266 e. The Morgan fingerprint density at radius 2 is 1.57 bits per heavy atom. The highest BCUT2D eigenvalue weighted by Crippen LogP contribution is 2.28. The maximum absolute atomic E-state index is 12.5. The molecule has 0 saturated carbocycles. The molecular weight excluding hydrogens is 290 g/mol. The predicted octanol–water partition coefficient (Wildman–Crippen LogP) is 2.61. The van der Waals surface area contributed by atoms with E-state index in [0.717, 1.165) is 4.90 Å². The molecule has 0 aliphatic carbocycles. The van der Waals surface area contributed by atoms with Crippen LogP contribution in [0.3, 0.4) is 0 Å². The lowest BCUT2D eigenvalue weighted by atomic mass is 10.1. The normalized spacial score (nSPS) is 13.6. The van der Waals surface area contributed by atoms with E-state index in [1.807, 2.05) is 0 Å². The van der Waals surface area contributed by atoms with Crippen molar-refractivity contribution < 1.29 is 14.7 Å². The number of hydrogen-bond donors (Lipinski definition) is 1. The minimum Gasteiger partial charge on any atom is -0.378 e. The zero-order valence-electron chi connectivity index (χ0n) is 12.8. The van der Waals surface area contributed by atoms with Gasteiger partial charge in [-0.15, -0.1) is 0 Å². The third-order valence-corrected chi connectivity index (χ3v) is 3.41. The molecule has 0 unspecified atom stereocenters. The van der Waals surface area contributed by atoms with E-state index in [2.05, 4.69) is 11.8 Å². The molecule has 0 fully saturated rings. The summed E-state index contributed by atoms with van der Waals surface area (Å²) in [7, 11) is 0. The van der Waals surface area contributed by atoms with Crippen molar-refractivity contribution in [2.45, 2.75) is 19.4 Å². The number of hydrogen-bond acceptors (Lipinski definition) is 3. The predicted molar refractivity (Wildman–Crippen MR) is 87.2 cm³/mol. The summed E-state index contributed by atoms with van der Waals surface area (Å²) in [5.74, 6) is 4.89. The fourth-order valence-electron chi connectivity index (χ4n) is 2.37. The van der Waals surface area contributed by atoms with Gasteiger partial charge in [-0.1, -0.05) is 30.0 Å². The van der Waals surface area contributed by atoms with Gasteiger partial charge in [-0.2, -0.15) is 0 Å². The summed E-state index contributed by atoms with van der Waals surface area (Å²) >= 11 is 0. The van der Waals surface area contributed by atoms with Crippen LogP contribution >= 0.6 is 0 Å². The summed E-state index contributed by atoms with van der Waals surface area (Å²) in [6, 6.07) is 13.6. The lowest BCUT2D eigenvalue weighted by Gasteiger charge is -2.14. The second kappa shape index (κ2) is 5.38. The average Bonchev–Trinajstić information content (AvgIpc) is 2.77. The van der Waals surface area contributed by atoms with Gasteiger partial charge in [0.05, 0.1) is 16.8 Å². The highest BCUT2D eigenvalue weighted by Gasteiger charge is 2.36. The van der Waals surface area contributed by atoms with Crippen molar-refractivity contribution in [3.8, 4) is 11.8 Å².